The van der Waals surface area contributed by atoms with Crippen molar-refractivity contribution in [3.05, 3.63) is 28.7 Å². The summed E-state index contributed by atoms with van der Waals surface area (Å²) in [5.41, 5.74) is 1.15. The van der Waals surface area contributed by atoms with Crippen LogP contribution in [-0.4, -0.2) is 13.6 Å². The van der Waals surface area contributed by atoms with Crippen LogP contribution >= 0.6 is 15.9 Å². The van der Waals surface area contributed by atoms with Crippen LogP contribution < -0.4 is 4.90 Å². The molecular weight excluding hydrogens is 252 g/mol. The predicted molar refractivity (Wildman–Crippen MR) is 66.8 cm³/mol. The van der Waals surface area contributed by atoms with E-state index in [1.807, 2.05) is 38.2 Å². The van der Waals surface area contributed by atoms with Gasteiger partial charge in [0.2, 0.25) is 0 Å². The van der Waals surface area contributed by atoms with Gasteiger partial charge in [-0.2, -0.15) is 5.26 Å². The van der Waals surface area contributed by atoms with Gasteiger partial charge in [-0.25, -0.2) is 0 Å². The van der Waals surface area contributed by atoms with Gasteiger partial charge < -0.3 is 4.90 Å². The smallest absolute Gasteiger partial charge is 0.0674 e. The number of hydrogen-bond donors (Lipinski definition) is 0. The Balaban J connectivity index is 2.65. The third kappa shape index (κ3) is 3.56. The van der Waals surface area contributed by atoms with E-state index in [2.05, 4.69) is 26.9 Å². The highest BCUT2D eigenvalue weighted by Crippen LogP contribution is 2.18. The van der Waals surface area contributed by atoms with Gasteiger partial charge in [0.25, 0.3) is 0 Å². The molecule has 1 aromatic rings. The Bertz CT molecular complexity index is 340. The molecule has 0 amide bonds. The predicted octanol–water partition coefficient (Wildman–Crippen LogP) is 3.44. The monoisotopic (exact) mass is 266 g/mol. The lowest BCUT2D eigenvalue weighted by molar-refractivity contribution is 0.631. The average molecular weight is 267 g/mol. The number of nitriles is 1. The highest BCUT2D eigenvalue weighted by atomic mass is 79.9. The highest BCUT2D eigenvalue weighted by molar-refractivity contribution is 9.10. The second-order valence-corrected chi connectivity index (χ2v) is 4.51. The first-order valence-corrected chi connectivity index (χ1v) is 5.83. The van der Waals surface area contributed by atoms with E-state index < -0.39 is 0 Å². The van der Waals surface area contributed by atoms with Gasteiger partial charge in [-0.05, 0) is 30.7 Å². The summed E-state index contributed by atoms with van der Waals surface area (Å²) in [6.45, 7) is 2.83. The molecule has 0 spiro atoms. The summed E-state index contributed by atoms with van der Waals surface area (Å²) in [7, 11) is 2.02. The van der Waals surface area contributed by atoms with Gasteiger partial charge in [0.15, 0.2) is 0 Å². The van der Waals surface area contributed by atoms with Crippen LogP contribution in [0.3, 0.4) is 0 Å². The zero-order chi connectivity index (χ0) is 11.3. The molecule has 0 aliphatic rings. The van der Waals surface area contributed by atoms with Crippen molar-refractivity contribution in [3.8, 4) is 6.07 Å². The second-order valence-electron chi connectivity index (χ2n) is 3.59. The molecule has 80 valence electrons. The third-order valence-electron chi connectivity index (χ3n) is 2.44. The van der Waals surface area contributed by atoms with Gasteiger partial charge in [-0.1, -0.05) is 22.9 Å². The van der Waals surface area contributed by atoms with E-state index >= 15 is 0 Å². The van der Waals surface area contributed by atoms with Gasteiger partial charge in [-0.15, -0.1) is 0 Å². The molecule has 1 atom stereocenters. The van der Waals surface area contributed by atoms with Crippen molar-refractivity contribution in [1.29, 1.82) is 5.26 Å². The quantitative estimate of drug-likeness (QED) is 0.835. The molecule has 0 fully saturated rings. The highest BCUT2D eigenvalue weighted by Gasteiger charge is 2.08. The zero-order valence-corrected chi connectivity index (χ0v) is 10.7. The van der Waals surface area contributed by atoms with Crippen LogP contribution in [0.4, 0.5) is 5.69 Å². The van der Waals surface area contributed by atoms with Crippen LogP contribution in [0.15, 0.2) is 28.7 Å². The summed E-state index contributed by atoms with van der Waals surface area (Å²) < 4.78 is 1.08. The molecule has 3 heteroatoms. The molecular formula is C12H15BrN2. The van der Waals surface area contributed by atoms with E-state index in [1.165, 1.54) is 0 Å². The van der Waals surface area contributed by atoms with Gasteiger partial charge in [0.05, 0.1) is 12.0 Å². The SMILES string of the molecule is CCC(C#N)CN(C)c1ccc(Br)cc1. The number of halogens is 1. The fourth-order valence-electron chi connectivity index (χ4n) is 1.39. The van der Waals surface area contributed by atoms with Gasteiger partial charge in [0.1, 0.15) is 0 Å². The molecule has 1 rings (SSSR count). The molecule has 0 N–H and O–H groups in total. The van der Waals surface area contributed by atoms with Crippen molar-refractivity contribution in [3.63, 3.8) is 0 Å². The summed E-state index contributed by atoms with van der Waals surface area (Å²) in [4.78, 5) is 2.11. The lowest BCUT2D eigenvalue weighted by Crippen LogP contribution is -2.24. The van der Waals surface area contributed by atoms with Crippen molar-refractivity contribution in [1.82, 2.24) is 0 Å². The minimum atomic E-state index is 0.110. The van der Waals surface area contributed by atoms with E-state index in [9.17, 15) is 0 Å². The maximum absolute atomic E-state index is 8.88. The molecule has 15 heavy (non-hydrogen) atoms. The number of anilines is 1. The normalized spacial score (nSPS) is 11.9. The number of benzene rings is 1. The van der Waals surface area contributed by atoms with Crippen LogP contribution in [0, 0.1) is 17.2 Å². The lowest BCUT2D eigenvalue weighted by Gasteiger charge is -2.21. The molecule has 0 aliphatic heterocycles. The average Bonchev–Trinajstić information content (AvgIpc) is 2.26. The van der Waals surface area contributed by atoms with Gasteiger partial charge >= 0.3 is 0 Å². The van der Waals surface area contributed by atoms with E-state index in [0.717, 1.165) is 23.1 Å². The van der Waals surface area contributed by atoms with Crippen LogP contribution in [0.5, 0.6) is 0 Å². The van der Waals surface area contributed by atoms with Crippen LogP contribution in [0.1, 0.15) is 13.3 Å². The van der Waals surface area contributed by atoms with E-state index in [-0.39, 0.29) is 5.92 Å². The molecule has 0 radical (unpaired) electrons. The van der Waals surface area contributed by atoms with E-state index in [1.54, 1.807) is 0 Å². The molecule has 0 aliphatic carbocycles. The molecule has 1 aromatic carbocycles. The van der Waals surface area contributed by atoms with Crippen molar-refractivity contribution in [2.75, 3.05) is 18.5 Å². The molecule has 1 unspecified atom stereocenters. The second kappa shape index (κ2) is 5.77. The van der Waals surface area contributed by atoms with Crippen molar-refractivity contribution in [2.24, 2.45) is 5.92 Å². The Labute approximate surface area is 99.6 Å². The van der Waals surface area contributed by atoms with Crippen molar-refractivity contribution >= 4 is 21.6 Å². The molecule has 0 aromatic heterocycles. The topological polar surface area (TPSA) is 27.0 Å². The number of hydrogen-bond acceptors (Lipinski definition) is 2. The fraction of sp³-hybridized carbons (Fsp3) is 0.417. The summed E-state index contributed by atoms with van der Waals surface area (Å²) in [5.74, 6) is 0.110. The standard InChI is InChI=1S/C12H15BrN2/c1-3-10(8-14)9-15(2)12-6-4-11(13)5-7-12/h4-7,10H,3,9H2,1-2H3. The minimum Gasteiger partial charge on any atom is -0.373 e. The first-order valence-electron chi connectivity index (χ1n) is 5.03. The van der Waals surface area contributed by atoms with Crippen LogP contribution in [0.25, 0.3) is 0 Å². The van der Waals surface area contributed by atoms with E-state index in [4.69, 9.17) is 5.26 Å². The Hall–Kier alpha value is -1.01. The molecule has 2 nitrogen and oxygen atoms in total. The summed E-state index contributed by atoms with van der Waals surface area (Å²) in [5, 5.41) is 8.88. The van der Waals surface area contributed by atoms with Gasteiger partial charge in [-0.3, -0.25) is 0 Å². The first-order chi connectivity index (χ1) is 7.17. The fourth-order valence-corrected chi connectivity index (χ4v) is 1.66. The third-order valence-corrected chi connectivity index (χ3v) is 2.97. The molecule has 0 heterocycles. The number of nitrogens with zero attached hydrogens (tertiary/aromatic N) is 2. The first kappa shape index (κ1) is 12.1. The molecule has 0 bridgehead atoms. The van der Waals surface area contributed by atoms with Crippen LogP contribution in [-0.2, 0) is 0 Å². The maximum Gasteiger partial charge on any atom is 0.0674 e. The maximum atomic E-state index is 8.88. The summed E-state index contributed by atoms with van der Waals surface area (Å²) in [6, 6.07) is 10.4. The Kier molecular flexibility index (Phi) is 4.64. The summed E-state index contributed by atoms with van der Waals surface area (Å²) in [6.07, 6.45) is 0.900. The minimum absolute atomic E-state index is 0.110. The molecule has 0 saturated carbocycles. The zero-order valence-electron chi connectivity index (χ0n) is 9.07. The van der Waals surface area contributed by atoms with Crippen LogP contribution in [0.2, 0.25) is 0 Å². The van der Waals surface area contributed by atoms with Gasteiger partial charge in [0, 0.05) is 23.8 Å². The van der Waals surface area contributed by atoms with Crippen molar-refractivity contribution < 1.29 is 0 Å². The Morgan fingerprint density at radius 1 is 1.40 bits per heavy atom. The Morgan fingerprint density at radius 3 is 2.47 bits per heavy atom. The Morgan fingerprint density at radius 2 is 2.00 bits per heavy atom. The largest absolute Gasteiger partial charge is 0.373 e. The van der Waals surface area contributed by atoms with Crippen molar-refractivity contribution in [2.45, 2.75) is 13.3 Å². The summed E-state index contributed by atoms with van der Waals surface area (Å²) >= 11 is 3.40. The van der Waals surface area contributed by atoms with E-state index in [0.29, 0.717) is 0 Å². The lowest BCUT2D eigenvalue weighted by atomic mass is 10.1. The molecule has 0 saturated heterocycles. The number of rotatable bonds is 4.